The first-order valence-corrected chi connectivity index (χ1v) is 7.69. The predicted octanol–water partition coefficient (Wildman–Crippen LogP) is 1.63. The molecule has 0 spiro atoms. The van der Waals surface area contributed by atoms with Gasteiger partial charge in [0.2, 0.25) is 11.9 Å². The molecule has 2 atom stereocenters. The van der Waals surface area contributed by atoms with E-state index >= 15 is 0 Å². The summed E-state index contributed by atoms with van der Waals surface area (Å²) in [5.74, 6) is 1.43. The van der Waals surface area contributed by atoms with Crippen molar-refractivity contribution in [3.05, 3.63) is 18.5 Å². The van der Waals surface area contributed by atoms with Crippen molar-refractivity contribution in [2.75, 3.05) is 24.2 Å². The highest BCUT2D eigenvalue weighted by Gasteiger charge is 2.27. The summed E-state index contributed by atoms with van der Waals surface area (Å²) in [4.78, 5) is 22.4. The summed E-state index contributed by atoms with van der Waals surface area (Å²) >= 11 is 2.00. The Hall–Kier alpha value is -1.14. The Bertz CT molecular complexity index is 414. The molecule has 1 aliphatic heterocycles. The number of aromatic nitrogens is 2. The SMILES string of the molecule is CC[C@H]1CN([C@H](C)C(=O)Nc2ncccn2)CCS1. The molecule has 1 aromatic rings. The van der Waals surface area contributed by atoms with Gasteiger partial charge < -0.3 is 0 Å². The topological polar surface area (TPSA) is 58.1 Å². The van der Waals surface area contributed by atoms with Gasteiger partial charge in [0.25, 0.3) is 0 Å². The average molecular weight is 280 g/mol. The minimum absolute atomic E-state index is 0.0343. The molecular formula is C13H20N4OS. The fraction of sp³-hybridized carbons (Fsp3) is 0.615. The number of anilines is 1. The van der Waals surface area contributed by atoms with Crippen LogP contribution < -0.4 is 5.32 Å². The molecular weight excluding hydrogens is 260 g/mol. The maximum absolute atomic E-state index is 12.2. The molecule has 1 saturated heterocycles. The zero-order chi connectivity index (χ0) is 13.7. The molecule has 1 amide bonds. The molecule has 0 saturated carbocycles. The molecule has 2 rings (SSSR count). The molecule has 0 bridgehead atoms. The zero-order valence-electron chi connectivity index (χ0n) is 11.4. The molecule has 104 valence electrons. The maximum atomic E-state index is 12.2. The summed E-state index contributed by atoms with van der Waals surface area (Å²) in [6.45, 7) is 6.08. The predicted molar refractivity (Wildman–Crippen MR) is 78.2 cm³/mol. The highest BCUT2D eigenvalue weighted by atomic mass is 32.2. The quantitative estimate of drug-likeness (QED) is 0.908. The van der Waals surface area contributed by atoms with Gasteiger partial charge in [-0.05, 0) is 19.4 Å². The van der Waals surface area contributed by atoms with Crippen molar-refractivity contribution in [2.24, 2.45) is 0 Å². The van der Waals surface area contributed by atoms with E-state index in [-0.39, 0.29) is 11.9 Å². The Balaban J connectivity index is 1.91. The Kier molecular flexibility index (Phi) is 5.15. The Morgan fingerprint density at radius 3 is 3.00 bits per heavy atom. The molecule has 0 radical (unpaired) electrons. The number of nitrogens with one attached hydrogen (secondary N) is 1. The van der Waals surface area contributed by atoms with Gasteiger partial charge in [0.15, 0.2) is 0 Å². The molecule has 0 aliphatic carbocycles. The van der Waals surface area contributed by atoms with Crippen LogP contribution in [0.2, 0.25) is 0 Å². The van der Waals surface area contributed by atoms with E-state index in [1.54, 1.807) is 18.5 Å². The second-order valence-corrected chi connectivity index (χ2v) is 6.04. The third kappa shape index (κ3) is 3.91. The lowest BCUT2D eigenvalue weighted by atomic mass is 10.2. The normalized spacial score (nSPS) is 21.9. The lowest BCUT2D eigenvalue weighted by Crippen LogP contribution is -2.48. The van der Waals surface area contributed by atoms with Crippen LogP contribution in [0.1, 0.15) is 20.3 Å². The fourth-order valence-corrected chi connectivity index (χ4v) is 3.29. The van der Waals surface area contributed by atoms with Crippen LogP contribution in [0.25, 0.3) is 0 Å². The summed E-state index contributed by atoms with van der Waals surface area (Å²) in [7, 11) is 0. The molecule has 2 heterocycles. The van der Waals surface area contributed by atoms with Crippen molar-refractivity contribution in [1.29, 1.82) is 0 Å². The summed E-state index contributed by atoms with van der Waals surface area (Å²) in [6, 6.07) is 1.59. The molecule has 1 N–H and O–H groups in total. The number of nitrogens with zero attached hydrogens (tertiary/aromatic N) is 3. The molecule has 6 heteroatoms. The van der Waals surface area contributed by atoms with Gasteiger partial charge in [-0.3, -0.25) is 15.0 Å². The number of hydrogen-bond donors (Lipinski definition) is 1. The smallest absolute Gasteiger partial charge is 0.243 e. The Morgan fingerprint density at radius 2 is 2.32 bits per heavy atom. The summed E-state index contributed by atoms with van der Waals surface area (Å²) in [5, 5.41) is 3.40. The third-order valence-corrected chi connectivity index (χ3v) is 4.73. The third-order valence-electron chi connectivity index (χ3n) is 3.35. The maximum Gasteiger partial charge on any atom is 0.243 e. The number of thioether (sulfide) groups is 1. The van der Waals surface area contributed by atoms with Crippen LogP contribution in [-0.4, -0.2) is 50.9 Å². The van der Waals surface area contributed by atoms with E-state index in [1.165, 1.54) is 0 Å². The van der Waals surface area contributed by atoms with Crippen molar-refractivity contribution >= 4 is 23.6 Å². The second kappa shape index (κ2) is 6.86. The summed E-state index contributed by atoms with van der Waals surface area (Å²) in [6.07, 6.45) is 4.40. The van der Waals surface area contributed by atoms with E-state index in [4.69, 9.17) is 0 Å². The zero-order valence-corrected chi connectivity index (χ0v) is 12.2. The fourth-order valence-electron chi connectivity index (χ4n) is 2.08. The van der Waals surface area contributed by atoms with Gasteiger partial charge in [-0.2, -0.15) is 11.8 Å². The first-order chi connectivity index (χ1) is 9.20. The van der Waals surface area contributed by atoms with Crippen molar-refractivity contribution in [2.45, 2.75) is 31.6 Å². The van der Waals surface area contributed by atoms with Crippen LogP contribution in [0.3, 0.4) is 0 Å². The van der Waals surface area contributed by atoms with Crippen LogP contribution in [0.4, 0.5) is 5.95 Å². The van der Waals surface area contributed by atoms with Crippen molar-refractivity contribution in [1.82, 2.24) is 14.9 Å². The minimum atomic E-state index is -0.140. The molecule has 19 heavy (non-hydrogen) atoms. The van der Waals surface area contributed by atoms with Gasteiger partial charge >= 0.3 is 0 Å². The average Bonchev–Trinajstić information content (AvgIpc) is 2.47. The number of hydrogen-bond acceptors (Lipinski definition) is 5. The standard InChI is InChI=1S/C13H20N4OS/c1-3-11-9-17(7-8-19-11)10(2)12(18)16-13-14-5-4-6-15-13/h4-6,10-11H,3,7-9H2,1-2H3,(H,14,15,16,18)/t10-,11+/m1/s1. The number of carbonyl (C=O) groups excluding carboxylic acids is 1. The van der Waals surface area contributed by atoms with Gasteiger partial charge in [0, 0.05) is 36.5 Å². The minimum Gasteiger partial charge on any atom is -0.293 e. The van der Waals surface area contributed by atoms with Crippen LogP contribution in [0, 0.1) is 0 Å². The largest absolute Gasteiger partial charge is 0.293 e. The monoisotopic (exact) mass is 280 g/mol. The van der Waals surface area contributed by atoms with E-state index in [1.807, 2.05) is 18.7 Å². The Morgan fingerprint density at radius 1 is 1.58 bits per heavy atom. The van der Waals surface area contributed by atoms with E-state index in [0.717, 1.165) is 25.3 Å². The lowest BCUT2D eigenvalue weighted by Gasteiger charge is -2.35. The van der Waals surface area contributed by atoms with E-state index < -0.39 is 0 Å². The van der Waals surface area contributed by atoms with Crippen LogP contribution in [-0.2, 0) is 4.79 Å². The first-order valence-electron chi connectivity index (χ1n) is 6.64. The van der Waals surface area contributed by atoms with Gasteiger partial charge in [-0.25, -0.2) is 9.97 Å². The number of rotatable bonds is 4. The van der Waals surface area contributed by atoms with E-state index in [9.17, 15) is 4.79 Å². The van der Waals surface area contributed by atoms with Crippen molar-refractivity contribution in [3.8, 4) is 0 Å². The summed E-state index contributed by atoms with van der Waals surface area (Å²) < 4.78 is 0. The van der Waals surface area contributed by atoms with Crippen molar-refractivity contribution < 1.29 is 4.79 Å². The lowest BCUT2D eigenvalue weighted by molar-refractivity contribution is -0.120. The summed E-state index contributed by atoms with van der Waals surface area (Å²) in [5.41, 5.74) is 0. The van der Waals surface area contributed by atoms with Crippen LogP contribution >= 0.6 is 11.8 Å². The van der Waals surface area contributed by atoms with Gasteiger partial charge in [-0.1, -0.05) is 6.92 Å². The number of carbonyl (C=O) groups is 1. The van der Waals surface area contributed by atoms with E-state index in [0.29, 0.717) is 11.2 Å². The number of amides is 1. The Labute approximate surface area is 118 Å². The van der Waals surface area contributed by atoms with E-state index in [2.05, 4.69) is 27.1 Å². The molecule has 0 aromatic carbocycles. The van der Waals surface area contributed by atoms with Crippen molar-refractivity contribution in [3.63, 3.8) is 0 Å². The highest BCUT2D eigenvalue weighted by molar-refractivity contribution is 8.00. The molecule has 1 aromatic heterocycles. The molecule has 1 aliphatic rings. The molecule has 1 fully saturated rings. The molecule has 5 nitrogen and oxygen atoms in total. The van der Waals surface area contributed by atoms with Gasteiger partial charge in [0.1, 0.15) is 0 Å². The molecule has 0 unspecified atom stereocenters. The second-order valence-electron chi connectivity index (χ2n) is 4.63. The first kappa shape index (κ1) is 14.3. The van der Waals surface area contributed by atoms with Crippen LogP contribution in [0.5, 0.6) is 0 Å². The highest BCUT2D eigenvalue weighted by Crippen LogP contribution is 2.22. The van der Waals surface area contributed by atoms with Crippen LogP contribution in [0.15, 0.2) is 18.5 Å². The van der Waals surface area contributed by atoms with Gasteiger partial charge in [-0.15, -0.1) is 0 Å². The van der Waals surface area contributed by atoms with Gasteiger partial charge in [0.05, 0.1) is 6.04 Å².